The monoisotopic (exact) mass is 373 g/mol. The summed E-state index contributed by atoms with van der Waals surface area (Å²) in [5.41, 5.74) is 5.37. The highest BCUT2D eigenvalue weighted by atomic mass is 16.5. The van der Waals surface area contributed by atoms with Crippen molar-refractivity contribution in [2.75, 3.05) is 7.11 Å². The van der Waals surface area contributed by atoms with Gasteiger partial charge < -0.3 is 15.2 Å². The molecule has 2 saturated carbocycles. The first kappa shape index (κ1) is 19.3. The molecule has 0 atom stereocenters. The zero-order valence-corrected chi connectivity index (χ0v) is 15.7. The summed E-state index contributed by atoms with van der Waals surface area (Å²) in [6.45, 7) is 0. The molecular formula is C20H27N3O4. The number of primary amides is 1. The van der Waals surface area contributed by atoms with Gasteiger partial charge in [0.05, 0.1) is 30.7 Å². The van der Waals surface area contributed by atoms with Crippen molar-refractivity contribution in [3.8, 4) is 17.6 Å². The Morgan fingerprint density at radius 1 is 1.26 bits per heavy atom. The Hall–Kier alpha value is -2.46. The summed E-state index contributed by atoms with van der Waals surface area (Å²) in [6, 6.07) is 6.94. The van der Waals surface area contributed by atoms with E-state index in [0.717, 1.165) is 18.4 Å². The van der Waals surface area contributed by atoms with Gasteiger partial charge in [0.15, 0.2) is 11.5 Å². The highest BCUT2D eigenvalue weighted by Gasteiger charge is 2.40. The number of nitrogens with zero attached hydrogens (tertiary/aromatic N) is 2. The van der Waals surface area contributed by atoms with E-state index >= 15 is 0 Å². The van der Waals surface area contributed by atoms with Crippen LogP contribution in [0.15, 0.2) is 18.2 Å². The molecule has 0 saturated heterocycles. The maximum Gasteiger partial charge on any atom is 0.338 e. The average molecular weight is 373 g/mol. The van der Waals surface area contributed by atoms with Crippen LogP contribution in [0, 0.1) is 11.3 Å². The van der Waals surface area contributed by atoms with Gasteiger partial charge in [0, 0.05) is 0 Å². The van der Waals surface area contributed by atoms with Crippen LogP contribution in [-0.2, 0) is 5.41 Å². The fraction of sp³-hybridized carbons (Fsp3) is 0.600. The molecule has 2 amide bonds. The van der Waals surface area contributed by atoms with E-state index in [2.05, 4.69) is 6.07 Å². The number of hydrogen-bond acceptors (Lipinski definition) is 5. The molecule has 3 rings (SSSR count). The van der Waals surface area contributed by atoms with E-state index in [-0.39, 0.29) is 12.1 Å². The molecular weight excluding hydrogens is 346 g/mol. The number of nitriles is 1. The third-order valence-corrected chi connectivity index (χ3v) is 5.91. The standard InChI is InChI=1S/C20H27N3O4/c1-26-17-7-6-14(12-18(17)27-16-4-2-3-5-16)20(13-21)10-8-15(9-11-20)23(25)19(22)24/h6-7,12,15-16,25H,2-5,8-11H2,1H3,(H2,22,24)/t15-,20-. The van der Waals surface area contributed by atoms with Crippen molar-refractivity contribution in [3.63, 3.8) is 0 Å². The molecule has 0 aromatic heterocycles. The SMILES string of the molecule is COc1ccc([C@]2(C#N)CC[C@@H](N(O)C(N)=O)CC2)cc1OC1CCCC1. The molecule has 1 aromatic carbocycles. The number of methoxy groups -OCH3 is 1. The van der Waals surface area contributed by atoms with Gasteiger partial charge in [-0.05, 0) is 69.1 Å². The predicted molar refractivity (Wildman–Crippen MR) is 98.6 cm³/mol. The molecule has 7 nitrogen and oxygen atoms in total. The van der Waals surface area contributed by atoms with Gasteiger partial charge in [-0.15, -0.1) is 0 Å². The topological polar surface area (TPSA) is 109 Å². The van der Waals surface area contributed by atoms with E-state index in [9.17, 15) is 15.3 Å². The van der Waals surface area contributed by atoms with Gasteiger partial charge in [-0.1, -0.05) is 6.07 Å². The highest BCUT2D eigenvalue weighted by molar-refractivity contribution is 5.70. The van der Waals surface area contributed by atoms with Crippen LogP contribution in [0.25, 0.3) is 0 Å². The molecule has 1 aromatic rings. The van der Waals surface area contributed by atoms with Crippen LogP contribution in [0.1, 0.15) is 56.9 Å². The van der Waals surface area contributed by atoms with Gasteiger partial charge in [-0.2, -0.15) is 5.26 Å². The third-order valence-electron chi connectivity index (χ3n) is 5.91. The minimum Gasteiger partial charge on any atom is -0.493 e. The van der Waals surface area contributed by atoms with Gasteiger partial charge in [0.2, 0.25) is 0 Å². The molecule has 0 unspecified atom stereocenters. The van der Waals surface area contributed by atoms with Crippen LogP contribution in [0.2, 0.25) is 0 Å². The summed E-state index contributed by atoms with van der Waals surface area (Å²) in [6.07, 6.45) is 6.72. The van der Waals surface area contributed by atoms with E-state index < -0.39 is 11.4 Å². The molecule has 146 valence electrons. The van der Waals surface area contributed by atoms with Crippen molar-refractivity contribution in [2.45, 2.75) is 68.9 Å². The lowest BCUT2D eigenvalue weighted by atomic mass is 9.69. The maximum absolute atomic E-state index is 11.2. The van der Waals surface area contributed by atoms with Gasteiger partial charge in [-0.3, -0.25) is 5.21 Å². The number of amides is 2. The highest BCUT2D eigenvalue weighted by Crippen LogP contribution is 2.43. The summed E-state index contributed by atoms with van der Waals surface area (Å²) >= 11 is 0. The molecule has 0 aliphatic heterocycles. The molecule has 3 N–H and O–H groups in total. The first-order valence-corrected chi connectivity index (χ1v) is 9.53. The molecule has 2 fully saturated rings. The van der Waals surface area contributed by atoms with Crippen LogP contribution in [-0.4, -0.2) is 35.6 Å². The van der Waals surface area contributed by atoms with Gasteiger partial charge in [-0.25, -0.2) is 9.86 Å². The zero-order valence-electron chi connectivity index (χ0n) is 15.7. The van der Waals surface area contributed by atoms with Gasteiger partial charge in [0.1, 0.15) is 0 Å². The average Bonchev–Trinajstić information content (AvgIpc) is 3.20. The van der Waals surface area contributed by atoms with Crippen LogP contribution in [0.4, 0.5) is 4.79 Å². The third kappa shape index (κ3) is 3.96. The summed E-state index contributed by atoms with van der Waals surface area (Å²) in [5.74, 6) is 1.35. The first-order valence-electron chi connectivity index (χ1n) is 9.53. The molecule has 0 bridgehead atoms. The van der Waals surface area contributed by atoms with Crippen molar-refractivity contribution in [3.05, 3.63) is 23.8 Å². The smallest absolute Gasteiger partial charge is 0.338 e. The Bertz CT molecular complexity index is 716. The lowest BCUT2D eigenvalue weighted by Crippen LogP contribution is -2.45. The second kappa shape index (κ2) is 8.05. The second-order valence-corrected chi connectivity index (χ2v) is 7.50. The fourth-order valence-corrected chi connectivity index (χ4v) is 4.24. The number of benzene rings is 1. The Morgan fingerprint density at radius 3 is 2.48 bits per heavy atom. The number of rotatable bonds is 5. The van der Waals surface area contributed by atoms with E-state index in [1.165, 1.54) is 12.8 Å². The summed E-state index contributed by atoms with van der Waals surface area (Å²) in [7, 11) is 1.61. The lowest BCUT2D eigenvalue weighted by molar-refractivity contribution is -0.0870. The van der Waals surface area contributed by atoms with Crippen LogP contribution in [0.5, 0.6) is 11.5 Å². The van der Waals surface area contributed by atoms with Gasteiger partial charge >= 0.3 is 6.03 Å². The van der Waals surface area contributed by atoms with Crippen LogP contribution in [0.3, 0.4) is 0 Å². The molecule has 27 heavy (non-hydrogen) atoms. The Kier molecular flexibility index (Phi) is 5.76. The summed E-state index contributed by atoms with van der Waals surface area (Å²) in [5, 5.41) is 20.3. The number of carbonyl (C=O) groups excluding carboxylic acids is 1. The van der Waals surface area contributed by atoms with E-state index in [0.29, 0.717) is 42.2 Å². The van der Waals surface area contributed by atoms with E-state index in [1.807, 2.05) is 18.2 Å². The van der Waals surface area contributed by atoms with E-state index in [4.69, 9.17) is 15.2 Å². The maximum atomic E-state index is 11.2. The molecule has 0 radical (unpaired) electrons. The molecule has 0 spiro atoms. The van der Waals surface area contributed by atoms with Crippen molar-refractivity contribution in [1.29, 1.82) is 5.26 Å². The second-order valence-electron chi connectivity index (χ2n) is 7.50. The number of hydroxylamine groups is 2. The van der Waals surface area contributed by atoms with Crippen molar-refractivity contribution in [1.82, 2.24) is 5.06 Å². The fourth-order valence-electron chi connectivity index (χ4n) is 4.24. The molecule has 0 heterocycles. The Balaban J connectivity index is 1.81. The Morgan fingerprint density at radius 2 is 1.93 bits per heavy atom. The van der Waals surface area contributed by atoms with Crippen LogP contribution >= 0.6 is 0 Å². The molecule has 2 aliphatic rings. The summed E-state index contributed by atoms with van der Waals surface area (Å²) in [4.78, 5) is 11.2. The zero-order chi connectivity index (χ0) is 19.4. The number of hydrogen-bond donors (Lipinski definition) is 2. The minimum absolute atomic E-state index is 0.196. The number of nitrogens with two attached hydrogens (primary N) is 1. The number of urea groups is 1. The van der Waals surface area contributed by atoms with E-state index in [1.54, 1.807) is 7.11 Å². The molecule has 2 aliphatic carbocycles. The normalized spacial score (nSPS) is 25.6. The van der Waals surface area contributed by atoms with Crippen molar-refractivity contribution in [2.24, 2.45) is 5.73 Å². The minimum atomic E-state index is -0.860. The summed E-state index contributed by atoms with van der Waals surface area (Å²) < 4.78 is 11.6. The molecule has 7 heteroatoms. The van der Waals surface area contributed by atoms with Gasteiger partial charge in [0.25, 0.3) is 0 Å². The lowest BCUT2D eigenvalue weighted by Gasteiger charge is -2.37. The Labute approximate surface area is 159 Å². The number of ether oxygens (including phenoxy) is 2. The van der Waals surface area contributed by atoms with Crippen LogP contribution < -0.4 is 15.2 Å². The largest absolute Gasteiger partial charge is 0.493 e. The first-order chi connectivity index (χ1) is 13.0. The van der Waals surface area contributed by atoms with Crippen molar-refractivity contribution < 1.29 is 19.5 Å². The quantitative estimate of drug-likeness (QED) is 0.606. The number of carbonyl (C=O) groups is 1. The van der Waals surface area contributed by atoms with Crippen molar-refractivity contribution >= 4 is 6.03 Å². The predicted octanol–water partition coefficient (Wildman–Crippen LogP) is 3.49.